The van der Waals surface area contributed by atoms with E-state index < -0.39 is 0 Å². The molecule has 0 aliphatic carbocycles. The molecular formula is C12H11BrNO+. The smallest absolute Gasteiger partial charge is 0.270 e. The molecular weight excluding hydrogens is 254 g/mol. The van der Waals surface area contributed by atoms with Gasteiger partial charge in [0.05, 0.1) is 0 Å². The van der Waals surface area contributed by atoms with Gasteiger partial charge in [-0.1, -0.05) is 12.1 Å². The molecule has 0 N–H and O–H groups in total. The van der Waals surface area contributed by atoms with Crippen LogP contribution in [-0.2, 0) is 4.79 Å². The Morgan fingerprint density at radius 1 is 1.27 bits per heavy atom. The lowest BCUT2D eigenvalue weighted by Crippen LogP contribution is -2.39. The van der Waals surface area contributed by atoms with Crippen LogP contribution in [0.4, 0.5) is 0 Å². The highest BCUT2D eigenvalue weighted by Crippen LogP contribution is 2.14. The van der Waals surface area contributed by atoms with E-state index in [1.165, 1.54) is 0 Å². The molecule has 0 fully saturated rings. The first-order valence-electron chi connectivity index (χ1n) is 4.73. The number of aromatic nitrogens is 1. The van der Waals surface area contributed by atoms with Crippen molar-refractivity contribution in [2.24, 2.45) is 0 Å². The molecule has 0 bridgehead atoms. The minimum absolute atomic E-state index is 0.0938. The fraction of sp³-hybridized carbons (Fsp3) is 0.167. The van der Waals surface area contributed by atoms with E-state index in [1.54, 1.807) is 6.92 Å². The van der Waals surface area contributed by atoms with Crippen LogP contribution in [0.15, 0.2) is 42.6 Å². The van der Waals surface area contributed by atoms with Gasteiger partial charge in [0.15, 0.2) is 6.20 Å². The Hall–Kier alpha value is -1.22. The van der Waals surface area contributed by atoms with Crippen LogP contribution >= 0.6 is 15.9 Å². The summed E-state index contributed by atoms with van der Waals surface area (Å²) < 4.78 is 1.93. The zero-order valence-electron chi connectivity index (χ0n) is 8.35. The van der Waals surface area contributed by atoms with Gasteiger partial charge >= 0.3 is 0 Å². The number of hydrogen-bond acceptors (Lipinski definition) is 1. The first-order valence-corrected chi connectivity index (χ1v) is 5.65. The molecule has 0 amide bonds. The second-order valence-electron chi connectivity index (χ2n) is 3.42. The molecule has 15 heavy (non-hydrogen) atoms. The van der Waals surface area contributed by atoms with Crippen LogP contribution in [0.1, 0.15) is 11.9 Å². The van der Waals surface area contributed by atoms with Crippen LogP contribution in [0.5, 0.6) is 0 Å². The van der Waals surface area contributed by atoms with Crippen LogP contribution in [0.25, 0.3) is 10.9 Å². The molecule has 1 unspecified atom stereocenters. The van der Waals surface area contributed by atoms with Crippen molar-refractivity contribution >= 4 is 32.6 Å². The number of nitrogens with zero attached hydrogens (tertiary/aromatic N) is 1. The Balaban J connectivity index is 2.65. The number of fused-ring (bicyclic) bond motifs is 1. The van der Waals surface area contributed by atoms with Crippen molar-refractivity contribution in [2.75, 3.05) is 0 Å². The third-order valence-electron chi connectivity index (χ3n) is 2.32. The number of para-hydroxylation sites is 1. The lowest BCUT2D eigenvalue weighted by atomic mass is 10.2. The van der Waals surface area contributed by atoms with Gasteiger partial charge in [-0.2, -0.15) is 4.57 Å². The van der Waals surface area contributed by atoms with E-state index in [1.807, 2.05) is 47.2 Å². The number of pyridine rings is 1. The molecule has 1 atom stereocenters. The van der Waals surface area contributed by atoms with Gasteiger partial charge in [-0.15, -0.1) is 0 Å². The molecule has 2 nitrogen and oxygen atoms in total. The number of halogens is 1. The van der Waals surface area contributed by atoms with Crippen molar-refractivity contribution in [1.82, 2.24) is 0 Å². The van der Waals surface area contributed by atoms with Gasteiger partial charge in [0, 0.05) is 24.4 Å². The van der Waals surface area contributed by atoms with E-state index in [0.29, 0.717) is 0 Å². The van der Waals surface area contributed by atoms with Crippen molar-refractivity contribution in [1.29, 1.82) is 0 Å². The Bertz CT molecular complexity index is 504. The van der Waals surface area contributed by atoms with Crippen LogP contribution in [0.3, 0.4) is 0 Å². The summed E-state index contributed by atoms with van der Waals surface area (Å²) in [5.41, 5.74) is 1.05. The second kappa shape index (κ2) is 4.11. The average Bonchev–Trinajstić information content (AvgIpc) is 2.27. The van der Waals surface area contributed by atoms with E-state index in [2.05, 4.69) is 15.9 Å². The van der Waals surface area contributed by atoms with E-state index in [0.717, 1.165) is 10.9 Å². The zero-order valence-corrected chi connectivity index (χ0v) is 9.94. The standard InChI is InChI=1S/C12H11BrNO/c1-9(15)12(13)14-8-4-6-10-5-2-3-7-11(10)14/h2-8,12H,1H3/q+1. The number of benzene rings is 1. The number of alkyl halides is 1. The van der Waals surface area contributed by atoms with Crippen molar-refractivity contribution in [3.8, 4) is 0 Å². The summed E-state index contributed by atoms with van der Waals surface area (Å²) in [5.74, 6) is 0.0938. The van der Waals surface area contributed by atoms with Crippen LogP contribution in [-0.4, -0.2) is 5.78 Å². The quantitative estimate of drug-likeness (QED) is 0.604. The largest absolute Gasteiger partial charge is 0.291 e. The highest BCUT2D eigenvalue weighted by atomic mass is 79.9. The van der Waals surface area contributed by atoms with Gasteiger partial charge in [0.1, 0.15) is 0 Å². The summed E-state index contributed by atoms with van der Waals surface area (Å²) in [6.07, 6.45) is 1.91. The maximum Gasteiger partial charge on any atom is 0.270 e. The molecule has 0 saturated heterocycles. The Kier molecular flexibility index (Phi) is 2.82. The molecule has 0 saturated carbocycles. The number of carbonyl (C=O) groups is 1. The molecule has 0 aliphatic heterocycles. The monoisotopic (exact) mass is 264 g/mol. The van der Waals surface area contributed by atoms with Gasteiger partial charge in [0.2, 0.25) is 11.3 Å². The summed E-state index contributed by atoms with van der Waals surface area (Å²) in [6, 6.07) is 12.0. The SMILES string of the molecule is CC(=O)C(Br)[n+]1cccc2ccccc21. The second-order valence-corrected chi connectivity index (χ2v) is 4.29. The number of rotatable bonds is 2. The Morgan fingerprint density at radius 3 is 2.67 bits per heavy atom. The predicted molar refractivity (Wildman–Crippen MR) is 62.8 cm³/mol. The van der Waals surface area contributed by atoms with Crippen LogP contribution in [0.2, 0.25) is 0 Å². The maximum atomic E-state index is 11.3. The number of Topliss-reactive ketones (excluding diaryl/α,β-unsaturated/α-hetero) is 1. The van der Waals surface area contributed by atoms with E-state index in [4.69, 9.17) is 0 Å². The number of carbonyl (C=O) groups excluding carboxylic acids is 1. The first kappa shape index (κ1) is 10.3. The van der Waals surface area contributed by atoms with Gasteiger partial charge in [-0.25, -0.2) is 0 Å². The Labute approximate surface area is 96.7 Å². The molecule has 2 rings (SSSR count). The molecule has 0 aliphatic rings. The van der Waals surface area contributed by atoms with Gasteiger partial charge < -0.3 is 0 Å². The third kappa shape index (κ3) is 1.92. The molecule has 1 heterocycles. The highest BCUT2D eigenvalue weighted by molar-refractivity contribution is 9.09. The summed E-state index contributed by atoms with van der Waals surface area (Å²) in [4.78, 5) is 11.0. The minimum atomic E-state index is -0.288. The van der Waals surface area contributed by atoms with Gasteiger partial charge in [-0.3, -0.25) is 4.79 Å². The molecule has 0 spiro atoms. The lowest BCUT2D eigenvalue weighted by Gasteiger charge is -2.03. The summed E-state index contributed by atoms with van der Waals surface area (Å²) in [7, 11) is 0. The zero-order chi connectivity index (χ0) is 10.8. The number of ketones is 1. The van der Waals surface area contributed by atoms with Gasteiger partial charge in [-0.05, 0) is 28.1 Å². The van der Waals surface area contributed by atoms with E-state index >= 15 is 0 Å². The molecule has 76 valence electrons. The molecule has 1 aromatic carbocycles. The fourth-order valence-electron chi connectivity index (χ4n) is 1.58. The molecule has 3 heteroatoms. The van der Waals surface area contributed by atoms with Crippen molar-refractivity contribution < 1.29 is 9.36 Å². The van der Waals surface area contributed by atoms with Crippen molar-refractivity contribution in [2.45, 2.75) is 11.9 Å². The number of hydrogen-bond donors (Lipinski definition) is 0. The Morgan fingerprint density at radius 2 is 1.93 bits per heavy atom. The minimum Gasteiger partial charge on any atom is -0.291 e. The summed E-state index contributed by atoms with van der Waals surface area (Å²) >= 11 is 3.38. The van der Waals surface area contributed by atoms with Crippen LogP contribution < -0.4 is 4.57 Å². The first-order chi connectivity index (χ1) is 7.20. The van der Waals surface area contributed by atoms with Crippen LogP contribution in [0, 0.1) is 0 Å². The summed E-state index contributed by atoms with van der Waals surface area (Å²) in [5, 5.41) is 1.13. The predicted octanol–water partition coefficient (Wildman–Crippen LogP) is 2.61. The topological polar surface area (TPSA) is 20.9 Å². The van der Waals surface area contributed by atoms with Crippen molar-refractivity contribution in [3.63, 3.8) is 0 Å². The van der Waals surface area contributed by atoms with E-state index in [-0.39, 0.29) is 10.7 Å². The fourth-order valence-corrected chi connectivity index (χ4v) is 1.93. The lowest BCUT2D eigenvalue weighted by molar-refractivity contribution is -0.659. The molecule has 0 radical (unpaired) electrons. The molecule has 2 aromatic rings. The van der Waals surface area contributed by atoms with Gasteiger partial charge in [0.25, 0.3) is 4.95 Å². The van der Waals surface area contributed by atoms with E-state index in [9.17, 15) is 4.79 Å². The highest BCUT2D eigenvalue weighted by Gasteiger charge is 2.21. The average molecular weight is 265 g/mol. The third-order valence-corrected chi connectivity index (χ3v) is 3.40. The van der Waals surface area contributed by atoms with Crippen molar-refractivity contribution in [3.05, 3.63) is 42.6 Å². The molecule has 1 aromatic heterocycles. The summed E-state index contributed by atoms with van der Waals surface area (Å²) in [6.45, 7) is 1.58. The normalized spacial score (nSPS) is 12.7. The maximum absolute atomic E-state index is 11.3.